The molecule has 0 fully saturated rings. The quantitative estimate of drug-likeness (QED) is 0.525. The van der Waals surface area contributed by atoms with E-state index in [0.717, 1.165) is 5.75 Å². The van der Waals surface area contributed by atoms with Gasteiger partial charge in [0.15, 0.2) is 0 Å². The van der Waals surface area contributed by atoms with Gasteiger partial charge in [0.25, 0.3) is 0 Å². The minimum absolute atomic E-state index is 0.266. The van der Waals surface area contributed by atoms with Crippen molar-refractivity contribution in [2.24, 2.45) is 0 Å². The highest BCUT2D eigenvalue weighted by Crippen LogP contribution is 2.16. The van der Waals surface area contributed by atoms with Gasteiger partial charge >= 0.3 is 12.1 Å². The van der Waals surface area contributed by atoms with Crippen LogP contribution in [-0.4, -0.2) is 37.2 Å². The van der Waals surface area contributed by atoms with Crippen LogP contribution in [0.15, 0.2) is 84.9 Å². The van der Waals surface area contributed by atoms with Gasteiger partial charge in [-0.15, -0.1) is 0 Å². The van der Waals surface area contributed by atoms with E-state index in [0.29, 0.717) is 30.2 Å². The van der Waals surface area contributed by atoms with Crippen molar-refractivity contribution in [3.63, 3.8) is 0 Å². The third kappa shape index (κ3) is 6.56. The predicted molar refractivity (Wildman–Crippen MR) is 119 cm³/mol. The molecule has 0 spiro atoms. The third-order valence-electron chi connectivity index (χ3n) is 4.19. The third-order valence-corrected chi connectivity index (χ3v) is 4.19. The van der Waals surface area contributed by atoms with E-state index >= 15 is 0 Å². The van der Waals surface area contributed by atoms with Crippen LogP contribution in [0.25, 0.3) is 0 Å². The summed E-state index contributed by atoms with van der Waals surface area (Å²) >= 11 is 0. The van der Waals surface area contributed by atoms with E-state index in [1.165, 1.54) is 4.90 Å². The predicted octanol–water partition coefficient (Wildman–Crippen LogP) is 4.87. The van der Waals surface area contributed by atoms with E-state index in [1.54, 1.807) is 43.4 Å². The molecule has 0 aliphatic heterocycles. The first-order valence-corrected chi connectivity index (χ1v) is 9.53. The minimum Gasteiger partial charge on any atom is -0.492 e. The lowest BCUT2D eigenvalue weighted by atomic mass is 10.3. The van der Waals surface area contributed by atoms with E-state index in [2.05, 4.69) is 16.0 Å². The molecule has 3 rings (SSSR count). The average molecular weight is 404 g/mol. The molecule has 0 atom stereocenters. The Kier molecular flexibility index (Phi) is 7.27. The van der Waals surface area contributed by atoms with Gasteiger partial charge in [-0.25, -0.2) is 9.59 Å². The van der Waals surface area contributed by atoms with Gasteiger partial charge in [-0.1, -0.05) is 42.5 Å². The number of anilines is 3. The summed E-state index contributed by atoms with van der Waals surface area (Å²) < 4.78 is 5.61. The monoisotopic (exact) mass is 404 g/mol. The second kappa shape index (κ2) is 10.5. The molecule has 30 heavy (non-hydrogen) atoms. The fraction of sp³-hybridized carbons (Fsp3) is 0.130. The number of hydrogen-bond acceptors (Lipinski definition) is 3. The fourth-order valence-electron chi connectivity index (χ4n) is 2.63. The summed E-state index contributed by atoms with van der Waals surface area (Å²) in [6, 6.07) is 24.9. The van der Waals surface area contributed by atoms with Crippen LogP contribution in [0.1, 0.15) is 0 Å². The molecule has 3 aromatic rings. The summed E-state index contributed by atoms with van der Waals surface area (Å²) in [5.74, 6) is 0.763. The molecule has 7 nitrogen and oxygen atoms in total. The van der Waals surface area contributed by atoms with Crippen molar-refractivity contribution in [1.29, 1.82) is 0 Å². The van der Waals surface area contributed by atoms with Gasteiger partial charge in [0.05, 0.1) is 6.54 Å². The minimum atomic E-state index is -0.361. The highest BCUT2D eigenvalue weighted by molar-refractivity contribution is 6.00. The van der Waals surface area contributed by atoms with Crippen molar-refractivity contribution in [1.82, 2.24) is 4.90 Å². The molecular weight excluding hydrogens is 380 g/mol. The van der Waals surface area contributed by atoms with Gasteiger partial charge in [0, 0.05) is 24.1 Å². The zero-order valence-electron chi connectivity index (χ0n) is 16.7. The second-order valence-corrected chi connectivity index (χ2v) is 6.54. The van der Waals surface area contributed by atoms with Crippen molar-refractivity contribution >= 4 is 29.1 Å². The van der Waals surface area contributed by atoms with E-state index in [4.69, 9.17) is 4.74 Å². The highest BCUT2D eigenvalue weighted by Gasteiger charge is 2.10. The number of likely N-dealkylation sites (N-methyl/N-ethyl adjacent to an activating group) is 1. The molecule has 3 aromatic carbocycles. The number of para-hydroxylation sites is 2. The van der Waals surface area contributed by atoms with E-state index in [-0.39, 0.29) is 12.1 Å². The first-order valence-electron chi connectivity index (χ1n) is 9.53. The molecular formula is C23H24N4O3. The molecule has 4 amide bonds. The number of urea groups is 2. The van der Waals surface area contributed by atoms with E-state index in [1.807, 2.05) is 48.5 Å². The van der Waals surface area contributed by atoms with Gasteiger partial charge in [0.2, 0.25) is 0 Å². The number of rotatable bonds is 7. The Bertz CT molecular complexity index is 964. The lowest BCUT2D eigenvalue weighted by Crippen LogP contribution is -2.34. The molecule has 0 aliphatic rings. The van der Waals surface area contributed by atoms with Gasteiger partial charge in [0.1, 0.15) is 12.4 Å². The number of ether oxygens (including phenoxy) is 1. The van der Waals surface area contributed by atoms with Crippen LogP contribution in [0.4, 0.5) is 26.7 Å². The van der Waals surface area contributed by atoms with Gasteiger partial charge < -0.3 is 25.6 Å². The van der Waals surface area contributed by atoms with Crippen LogP contribution in [0.3, 0.4) is 0 Å². The molecule has 154 valence electrons. The van der Waals surface area contributed by atoms with Crippen LogP contribution in [0.5, 0.6) is 5.75 Å². The van der Waals surface area contributed by atoms with Gasteiger partial charge in [-0.2, -0.15) is 0 Å². The number of benzene rings is 3. The molecule has 0 heterocycles. The normalized spacial score (nSPS) is 10.0. The zero-order chi connectivity index (χ0) is 21.2. The van der Waals surface area contributed by atoms with E-state index in [9.17, 15) is 9.59 Å². The fourth-order valence-corrected chi connectivity index (χ4v) is 2.63. The highest BCUT2D eigenvalue weighted by atomic mass is 16.5. The van der Waals surface area contributed by atoms with Crippen LogP contribution in [-0.2, 0) is 0 Å². The molecule has 0 aromatic heterocycles. The number of carbonyl (C=O) groups is 2. The number of carbonyl (C=O) groups excluding carboxylic acids is 2. The van der Waals surface area contributed by atoms with Crippen LogP contribution in [0, 0.1) is 0 Å². The van der Waals surface area contributed by atoms with Crippen LogP contribution >= 0.6 is 0 Å². The maximum absolute atomic E-state index is 12.4. The second-order valence-electron chi connectivity index (χ2n) is 6.54. The summed E-state index contributed by atoms with van der Waals surface area (Å²) in [6.07, 6.45) is 0. The maximum Gasteiger partial charge on any atom is 0.323 e. The Hall–Kier alpha value is -4.00. The number of hydrogen-bond donors (Lipinski definition) is 3. The Morgan fingerprint density at radius 3 is 2.03 bits per heavy atom. The molecule has 0 unspecified atom stereocenters. The van der Waals surface area contributed by atoms with Crippen molar-refractivity contribution in [3.8, 4) is 5.75 Å². The summed E-state index contributed by atoms with van der Waals surface area (Å²) in [5, 5.41) is 8.31. The molecule has 0 saturated carbocycles. The van der Waals surface area contributed by atoms with Crippen molar-refractivity contribution in [2.45, 2.75) is 0 Å². The Morgan fingerprint density at radius 1 is 0.767 bits per heavy atom. The first kappa shape index (κ1) is 20.7. The molecule has 0 aliphatic carbocycles. The van der Waals surface area contributed by atoms with Crippen LogP contribution < -0.4 is 20.7 Å². The smallest absolute Gasteiger partial charge is 0.323 e. The lowest BCUT2D eigenvalue weighted by Gasteiger charge is -2.18. The molecule has 3 N–H and O–H groups in total. The first-order chi connectivity index (χ1) is 14.6. The largest absolute Gasteiger partial charge is 0.492 e. The summed E-state index contributed by atoms with van der Waals surface area (Å²) in [6.45, 7) is 0.813. The van der Waals surface area contributed by atoms with E-state index < -0.39 is 0 Å². The molecule has 7 heteroatoms. The Labute approximate surface area is 175 Å². The molecule has 0 bridgehead atoms. The molecule has 0 radical (unpaired) electrons. The lowest BCUT2D eigenvalue weighted by molar-refractivity contribution is 0.207. The Balaban J connectivity index is 1.47. The standard InChI is InChI=1S/C23H24N4O3/c1-27(15-16-30-21-13-6-3-7-14-21)23(29)26-20-12-8-11-19(17-20)25-22(28)24-18-9-4-2-5-10-18/h2-14,17H,15-16H2,1H3,(H,26,29)(H2,24,25,28). The Morgan fingerprint density at radius 2 is 1.33 bits per heavy atom. The zero-order valence-corrected chi connectivity index (χ0v) is 16.7. The average Bonchev–Trinajstić information content (AvgIpc) is 2.75. The summed E-state index contributed by atoms with van der Waals surface area (Å²) in [5.41, 5.74) is 1.84. The van der Waals surface area contributed by atoms with Crippen molar-refractivity contribution in [3.05, 3.63) is 84.9 Å². The number of amides is 4. The number of nitrogens with one attached hydrogen (secondary N) is 3. The van der Waals surface area contributed by atoms with Gasteiger partial charge in [-0.05, 0) is 42.5 Å². The number of nitrogens with zero attached hydrogens (tertiary/aromatic N) is 1. The summed E-state index contributed by atoms with van der Waals surface area (Å²) in [4.78, 5) is 26.0. The SMILES string of the molecule is CN(CCOc1ccccc1)C(=O)Nc1cccc(NC(=O)Nc2ccccc2)c1. The van der Waals surface area contributed by atoms with Gasteiger partial charge in [-0.3, -0.25) is 0 Å². The van der Waals surface area contributed by atoms with Crippen molar-refractivity contribution in [2.75, 3.05) is 36.1 Å². The molecule has 0 saturated heterocycles. The topological polar surface area (TPSA) is 82.7 Å². The van der Waals surface area contributed by atoms with Crippen molar-refractivity contribution < 1.29 is 14.3 Å². The maximum atomic E-state index is 12.4. The van der Waals surface area contributed by atoms with Crippen LogP contribution in [0.2, 0.25) is 0 Å². The summed E-state index contributed by atoms with van der Waals surface area (Å²) in [7, 11) is 1.69.